The third-order valence-corrected chi connectivity index (χ3v) is 4.09. The summed E-state index contributed by atoms with van der Waals surface area (Å²) in [5, 5.41) is 7.21. The summed E-state index contributed by atoms with van der Waals surface area (Å²) < 4.78 is 0. The van der Waals surface area contributed by atoms with Crippen LogP contribution in [-0.2, 0) is 4.79 Å². The molecule has 1 aliphatic heterocycles. The van der Waals surface area contributed by atoms with Crippen molar-refractivity contribution in [3.63, 3.8) is 0 Å². The standard InChI is InChI=1S/C16H23ClN2O/c1-12(13-5-4-6-14(17)11-13)19-16(20)9-8-15-7-2-3-10-18-15/h4-6,11-12,15,18H,2-3,7-10H2,1H3,(H,19,20). The van der Waals surface area contributed by atoms with E-state index in [2.05, 4.69) is 10.6 Å². The molecule has 2 N–H and O–H groups in total. The summed E-state index contributed by atoms with van der Waals surface area (Å²) in [5.74, 6) is 0.116. The zero-order chi connectivity index (χ0) is 14.4. The van der Waals surface area contributed by atoms with Crippen molar-refractivity contribution in [2.24, 2.45) is 0 Å². The quantitative estimate of drug-likeness (QED) is 0.873. The lowest BCUT2D eigenvalue weighted by Gasteiger charge is -2.23. The Morgan fingerprint density at radius 2 is 2.35 bits per heavy atom. The van der Waals surface area contributed by atoms with Crippen LogP contribution in [0.4, 0.5) is 0 Å². The minimum atomic E-state index is 0.000477. The topological polar surface area (TPSA) is 41.1 Å². The summed E-state index contributed by atoms with van der Waals surface area (Å²) in [4.78, 5) is 12.0. The predicted octanol–water partition coefficient (Wildman–Crippen LogP) is 3.44. The van der Waals surface area contributed by atoms with Gasteiger partial charge in [0.05, 0.1) is 6.04 Å². The van der Waals surface area contributed by atoms with E-state index in [1.807, 2.05) is 31.2 Å². The molecule has 0 aromatic heterocycles. The van der Waals surface area contributed by atoms with E-state index in [0.29, 0.717) is 17.5 Å². The van der Waals surface area contributed by atoms with E-state index in [4.69, 9.17) is 11.6 Å². The van der Waals surface area contributed by atoms with Gasteiger partial charge in [-0.05, 0) is 50.4 Å². The van der Waals surface area contributed by atoms with E-state index in [1.54, 1.807) is 0 Å². The summed E-state index contributed by atoms with van der Waals surface area (Å²) in [6.07, 6.45) is 5.24. The molecule has 1 aliphatic rings. The third-order valence-electron chi connectivity index (χ3n) is 3.86. The molecule has 2 atom stereocenters. The van der Waals surface area contributed by atoms with Gasteiger partial charge in [0.15, 0.2) is 0 Å². The van der Waals surface area contributed by atoms with Crippen molar-refractivity contribution in [2.45, 2.75) is 51.1 Å². The third kappa shape index (κ3) is 4.80. The first-order valence-electron chi connectivity index (χ1n) is 7.43. The number of carbonyl (C=O) groups excluding carboxylic acids is 1. The Hall–Kier alpha value is -1.06. The maximum atomic E-state index is 12.0. The fourth-order valence-electron chi connectivity index (χ4n) is 2.65. The summed E-state index contributed by atoms with van der Waals surface area (Å²) >= 11 is 5.97. The van der Waals surface area contributed by atoms with Gasteiger partial charge in [0, 0.05) is 17.5 Å². The molecule has 2 rings (SSSR count). The Morgan fingerprint density at radius 3 is 3.05 bits per heavy atom. The zero-order valence-electron chi connectivity index (χ0n) is 12.0. The van der Waals surface area contributed by atoms with Crippen LogP contribution in [0, 0.1) is 0 Å². The molecule has 1 amide bonds. The van der Waals surface area contributed by atoms with Crippen LogP contribution in [0.15, 0.2) is 24.3 Å². The van der Waals surface area contributed by atoms with Crippen molar-refractivity contribution < 1.29 is 4.79 Å². The van der Waals surface area contributed by atoms with Gasteiger partial charge in [-0.15, -0.1) is 0 Å². The van der Waals surface area contributed by atoms with Gasteiger partial charge < -0.3 is 10.6 Å². The van der Waals surface area contributed by atoms with Crippen LogP contribution in [0.1, 0.15) is 50.6 Å². The van der Waals surface area contributed by atoms with E-state index in [0.717, 1.165) is 18.5 Å². The summed E-state index contributed by atoms with van der Waals surface area (Å²) in [5.41, 5.74) is 1.04. The van der Waals surface area contributed by atoms with Gasteiger partial charge in [-0.1, -0.05) is 30.2 Å². The Morgan fingerprint density at radius 1 is 1.50 bits per heavy atom. The molecule has 1 aromatic carbocycles. The highest BCUT2D eigenvalue weighted by Crippen LogP contribution is 2.18. The van der Waals surface area contributed by atoms with Gasteiger partial charge in [0.1, 0.15) is 0 Å². The number of benzene rings is 1. The number of carbonyl (C=O) groups is 1. The van der Waals surface area contributed by atoms with E-state index in [9.17, 15) is 4.79 Å². The van der Waals surface area contributed by atoms with Crippen molar-refractivity contribution in [3.8, 4) is 0 Å². The first-order valence-corrected chi connectivity index (χ1v) is 7.81. The van der Waals surface area contributed by atoms with Gasteiger partial charge in [0.2, 0.25) is 5.91 Å². The van der Waals surface area contributed by atoms with Gasteiger partial charge >= 0.3 is 0 Å². The van der Waals surface area contributed by atoms with E-state index >= 15 is 0 Å². The first kappa shape index (κ1) is 15.3. The number of nitrogens with one attached hydrogen (secondary N) is 2. The summed E-state index contributed by atoms with van der Waals surface area (Å²) in [7, 11) is 0. The zero-order valence-corrected chi connectivity index (χ0v) is 12.7. The Labute approximate surface area is 126 Å². The van der Waals surface area contributed by atoms with Crippen LogP contribution >= 0.6 is 11.6 Å². The molecule has 0 bridgehead atoms. The molecule has 2 unspecified atom stereocenters. The highest BCUT2D eigenvalue weighted by Gasteiger charge is 2.15. The average Bonchev–Trinajstić information content (AvgIpc) is 2.46. The smallest absolute Gasteiger partial charge is 0.220 e. The molecule has 110 valence electrons. The fourth-order valence-corrected chi connectivity index (χ4v) is 2.85. The van der Waals surface area contributed by atoms with E-state index in [-0.39, 0.29) is 11.9 Å². The number of halogens is 1. The molecule has 0 spiro atoms. The van der Waals surface area contributed by atoms with Gasteiger partial charge in [-0.25, -0.2) is 0 Å². The molecule has 0 saturated carbocycles. The van der Waals surface area contributed by atoms with E-state index < -0.39 is 0 Å². The van der Waals surface area contributed by atoms with Crippen LogP contribution < -0.4 is 10.6 Å². The monoisotopic (exact) mass is 294 g/mol. The predicted molar refractivity (Wildman–Crippen MR) is 82.9 cm³/mol. The van der Waals surface area contributed by atoms with Gasteiger partial charge in [-0.3, -0.25) is 4.79 Å². The summed E-state index contributed by atoms with van der Waals surface area (Å²) in [6, 6.07) is 8.14. The molecular formula is C16H23ClN2O. The van der Waals surface area contributed by atoms with Crippen molar-refractivity contribution >= 4 is 17.5 Å². The van der Waals surface area contributed by atoms with Crippen LogP contribution in [0.25, 0.3) is 0 Å². The highest BCUT2D eigenvalue weighted by atomic mass is 35.5. The summed E-state index contributed by atoms with van der Waals surface area (Å²) in [6.45, 7) is 3.08. The molecule has 1 fully saturated rings. The SMILES string of the molecule is CC(NC(=O)CCC1CCCCN1)c1cccc(Cl)c1. The molecule has 1 saturated heterocycles. The molecular weight excluding hydrogens is 272 g/mol. The number of rotatable bonds is 5. The van der Waals surface area contributed by atoms with Crippen molar-refractivity contribution in [1.82, 2.24) is 10.6 Å². The molecule has 0 radical (unpaired) electrons. The first-order chi connectivity index (χ1) is 9.65. The molecule has 1 heterocycles. The lowest BCUT2D eigenvalue weighted by molar-refractivity contribution is -0.122. The fraction of sp³-hybridized carbons (Fsp3) is 0.562. The van der Waals surface area contributed by atoms with Crippen molar-refractivity contribution in [1.29, 1.82) is 0 Å². The van der Waals surface area contributed by atoms with Gasteiger partial charge in [0.25, 0.3) is 0 Å². The largest absolute Gasteiger partial charge is 0.350 e. The van der Waals surface area contributed by atoms with Crippen LogP contribution in [-0.4, -0.2) is 18.5 Å². The molecule has 4 heteroatoms. The Bertz CT molecular complexity index is 444. The second kappa shape index (κ2) is 7.65. The van der Waals surface area contributed by atoms with Crippen LogP contribution in [0.5, 0.6) is 0 Å². The number of amides is 1. The second-order valence-corrected chi connectivity index (χ2v) is 5.97. The maximum Gasteiger partial charge on any atom is 0.220 e. The molecule has 0 aliphatic carbocycles. The van der Waals surface area contributed by atoms with Crippen molar-refractivity contribution in [2.75, 3.05) is 6.54 Å². The van der Waals surface area contributed by atoms with E-state index in [1.165, 1.54) is 19.3 Å². The normalized spacial score (nSPS) is 20.4. The lowest BCUT2D eigenvalue weighted by Crippen LogP contribution is -2.35. The maximum absolute atomic E-state index is 12.0. The Kier molecular flexibility index (Phi) is 5.86. The average molecular weight is 295 g/mol. The number of piperidine rings is 1. The molecule has 3 nitrogen and oxygen atoms in total. The molecule has 1 aromatic rings. The highest BCUT2D eigenvalue weighted by molar-refractivity contribution is 6.30. The number of hydrogen-bond donors (Lipinski definition) is 2. The van der Waals surface area contributed by atoms with Gasteiger partial charge in [-0.2, -0.15) is 0 Å². The minimum Gasteiger partial charge on any atom is -0.350 e. The van der Waals surface area contributed by atoms with Crippen LogP contribution in [0.2, 0.25) is 5.02 Å². The minimum absolute atomic E-state index is 0.000477. The lowest BCUT2D eigenvalue weighted by atomic mass is 10.0. The number of hydrogen-bond acceptors (Lipinski definition) is 2. The van der Waals surface area contributed by atoms with Crippen molar-refractivity contribution in [3.05, 3.63) is 34.9 Å². The van der Waals surface area contributed by atoms with Crippen LogP contribution in [0.3, 0.4) is 0 Å². The Balaban J connectivity index is 1.76. The molecule has 20 heavy (non-hydrogen) atoms. The second-order valence-electron chi connectivity index (χ2n) is 5.53.